The number of nitrogens with zero attached hydrogens (tertiary/aromatic N) is 1. The molecule has 2 nitrogen and oxygen atoms in total. The molecule has 0 radical (unpaired) electrons. The highest BCUT2D eigenvalue weighted by Gasteiger charge is 2.41. The average molecular weight is 267 g/mol. The van der Waals surface area contributed by atoms with Crippen molar-refractivity contribution in [3.05, 3.63) is 24.3 Å². The number of alkyl halides is 1. The van der Waals surface area contributed by atoms with Gasteiger partial charge in [0.15, 0.2) is 5.13 Å². The van der Waals surface area contributed by atoms with E-state index >= 15 is 0 Å². The molecule has 17 heavy (non-hydrogen) atoms. The highest BCUT2D eigenvalue weighted by molar-refractivity contribution is 7.22. The number of halogens is 1. The van der Waals surface area contributed by atoms with E-state index in [0.717, 1.165) is 29.5 Å². The molecule has 1 aromatic heterocycles. The number of fused-ring (bicyclic) bond motifs is 1. The predicted molar refractivity (Wildman–Crippen MR) is 75.1 cm³/mol. The maximum Gasteiger partial charge on any atom is 0.183 e. The van der Waals surface area contributed by atoms with Crippen molar-refractivity contribution in [3.63, 3.8) is 0 Å². The molecule has 1 N–H and O–H groups in total. The molecule has 1 heterocycles. The van der Waals surface area contributed by atoms with Gasteiger partial charge in [-0.1, -0.05) is 23.5 Å². The third-order valence-electron chi connectivity index (χ3n) is 3.49. The maximum absolute atomic E-state index is 5.83. The van der Waals surface area contributed by atoms with Gasteiger partial charge >= 0.3 is 0 Å². The summed E-state index contributed by atoms with van der Waals surface area (Å²) in [6.07, 6.45) is 3.72. The quantitative estimate of drug-likeness (QED) is 0.824. The molecule has 0 aliphatic heterocycles. The fourth-order valence-electron chi connectivity index (χ4n) is 2.10. The molecule has 1 aromatic carbocycles. The first-order valence-electron chi connectivity index (χ1n) is 5.97. The SMILES string of the molecule is ClCCC1(CNc2nc3ccccc3s2)CC1. The number of thiazole rings is 1. The van der Waals surface area contributed by atoms with Crippen molar-refractivity contribution in [2.45, 2.75) is 19.3 Å². The third-order valence-corrected chi connectivity index (χ3v) is 4.67. The predicted octanol–water partition coefficient (Wildman–Crippen LogP) is 4.12. The molecule has 1 aliphatic carbocycles. The standard InChI is InChI=1S/C13H15ClN2S/c14-8-7-13(5-6-13)9-15-12-16-10-3-1-2-4-11(10)17-12/h1-4H,5-9H2,(H,15,16). The first-order valence-corrected chi connectivity index (χ1v) is 7.32. The molecular weight excluding hydrogens is 252 g/mol. The van der Waals surface area contributed by atoms with Crippen LogP contribution >= 0.6 is 22.9 Å². The highest BCUT2D eigenvalue weighted by atomic mass is 35.5. The van der Waals surface area contributed by atoms with E-state index in [9.17, 15) is 0 Å². The van der Waals surface area contributed by atoms with Crippen LogP contribution in [-0.2, 0) is 0 Å². The van der Waals surface area contributed by atoms with Gasteiger partial charge in [-0.25, -0.2) is 4.98 Å². The summed E-state index contributed by atoms with van der Waals surface area (Å²) in [6.45, 7) is 1.01. The zero-order valence-corrected chi connectivity index (χ0v) is 11.2. The number of aromatic nitrogens is 1. The van der Waals surface area contributed by atoms with Gasteiger partial charge in [0.25, 0.3) is 0 Å². The Morgan fingerprint density at radius 2 is 2.18 bits per heavy atom. The number of para-hydroxylation sites is 1. The number of hydrogen-bond donors (Lipinski definition) is 1. The molecule has 0 bridgehead atoms. The Hall–Kier alpha value is -0.800. The van der Waals surface area contributed by atoms with Gasteiger partial charge in [0.1, 0.15) is 0 Å². The summed E-state index contributed by atoms with van der Waals surface area (Å²) in [6, 6.07) is 8.26. The molecular formula is C13H15ClN2S. The Labute approximate surface area is 110 Å². The van der Waals surface area contributed by atoms with E-state index in [2.05, 4.69) is 28.5 Å². The highest BCUT2D eigenvalue weighted by Crippen LogP contribution is 2.49. The van der Waals surface area contributed by atoms with Crippen LogP contribution in [0.25, 0.3) is 10.2 Å². The normalized spacial score (nSPS) is 17.2. The lowest BCUT2D eigenvalue weighted by molar-refractivity contribution is 0.524. The number of rotatable bonds is 5. The molecule has 90 valence electrons. The Kier molecular flexibility index (Phi) is 2.97. The molecule has 1 saturated carbocycles. The van der Waals surface area contributed by atoms with Crippen LogP contribution in [0.3, 0.4) is 0 Å². The second-order valence-corrected chi connectivity index (χ2v) is 6.19. The summed E-state index contributed by atoms with van der Waals surface area (Å²) in [7, 11) is 0. The summed E-state index contributed by atoms with van der Waals surface area (Å²) >= 11 is 7.56. The van der Waals surface area contributed by atoms with Crippen LogP contribution in [-0.4, -0.2) is 17.4 Å². The van der Waals surface area contributed by atoms with Crippen LogP contribution in [0.2, 0.25) is 0 Å². The van der Waals surface area contributed by atoms with Crippen LogP contribution in [0.1, 0.15) is 19.3 Å². The van der Waals surface area contributed by atoms with E-state index in [1.54, 1.807) is 11.3 Å². The van der Waals surface area contributed by atoms with Gasteiger partial charge < -0.3 is 5.32 Å². The molecule has 0 spiro atoms. The third kappa shape index (κ3) is 2.40. The monoisotopic (exact) mass is 266 g/mol. The lowest BCUT2D eigenvalue weighted by Crippen LogP contribution is -2.15. The minimum atomic E-state index is 0.458. The summed E-state index contributed by atoms with van der Waals surface area (Å²) in [5.41, 5.74) is 1.54. The minimum absolute atomic E-state index is 0.458. The van der Waals surface area contributed by atoms with Gasteiger partial charge in [0, 0.05) is 12.4 Å². The second kappa shape index (κ2) is 4.46. The summed E-state index contributed by atoms with van der Waals surface area (Å²) in [5.74, 6) is 0.765. The van der Waals surface area contributed by atoms with Gasteiger partial charge in [-0.05, 0) is 36.8 Å². The van der Waals surface area contributed by atoms with Gasteiger partial charge in [0.05, 0.1) is 10.2 Å². The van der Waals surface area contributed by atoms with Crippen molar-refractivity contribution in [2.24, 2.45) is 5.41 Å². The topological polar surface area (TPSA) is 24.9 Å². The van der Waals surface area contributed by atoms with Gasteiger partial charge in [-0.3, -0.25) is 0 Å². The van der Waals surface area contributed by atoms with E-state index in [1.165, 1.54) is 17.5 Å². The lowest BCUT2D eigenvalue weighted by atomic mass is 10.0. The molecule has 1 aliphatic rings. The van der Waals surface area contributed by atoms with E-state index in [-0.39, 0.29) is 0 Å². The van der Waals surface area contributed by atoms with Crippen molar-refractivity contribution >= 4 is 38.3 Å². The zero-order valence-electron chi connectivity index (χ0n) is 9.58. The molecule has 0 atom stereocenters. The number of benzene rings is 1. The largest absolute Gasteiger partial charge is 0.361 e. The Bertz CT molecular complexity index is 486. The van der Waals surface area contributed by atoms with Crippen molar-refractivity contribution in [3.8, 4) is 0 Å². The Morgan fingerprint density at radius 1 is 1.35 bits per heavy atom. The number of hydrogen-bond acceptors (Lipinski definition) is 3. The summed E-state index contributed by atoms with van der Waals surface area (Å²) in [4.78, 5) is 4.58. The van der Waals surface area contributed by atoms with Gasteiger partial charge in [-0.2, -0.15) is 0 Å². The number of nitrogens with one attached hydrogen (secondary N) is 1. The van der Waals surface area contributed by atoms with Gasteiger partial charge in [-0.15, -0.1) is 11.6 Å². The smallest absolute Gasteiger partial charge is 0.183 e. The lowest BCUT2D eigenvalue weighted by Gasteiger charge is -2.13. The van der Waals surface area contributed by atoms with Crippen LogP contribution in [0, 0.1) is 5.41 Å². The van der Waals surface area contributed by atoms with Crippen molar-refractivity contribution in [1.82, 2.24) is 4.98 Å². The second-order valence-electron chi connectivity index (χ2n) is 4.78. The molecule has 2 aromatic rings. The van der Waals surface area contributed by atoms with E-state index in [0.29, 0.717) is 5.41 Å². The van der Waals surface area contributed by atoms with Crippen LogP contribution in [0.15, 0.2) is 24.3 Å². The van der Waals surface area contributed by atoms with Crippen LogP contribution < -0.4 is 5.32 Å². The van der Waals surface area contributed by atoms with Gasteiger partial charge in [0.2, 0.25) is 0 Å². The summed E-state index contributed by atoms with van der Waals surface area (Å²) in [5, 5.41) is 4.50. The van der Waals surface area contributed by atoms with Crippen molar-refractivity contribution in [1.29, 1.82) is 0 Å². The maximum atomic E-state index is 5.83. The summed E-state index contributed by atoms with van der Waals surface area (Å²) < 4.78 is 1.25. The molecule has 4 heteroatoms. The minimum Gasteiger partial charge on any atom is -0.361 e. The molecule has 3 rings (SSSR count). The first kappa shape index (κ1) is 11.3. The Morgan fingerprint density at radius 3 is 2.88 bits per heavy atom. The van der Waals surface area contributed by atoms with Crippen molar-refractivity contribution in [2.75, 3.05) is 17.7 Å². The molecule has 0 unspecified atom stereocenters. The first-order chi connectivity index (χ1) is 8.31. The van der Waals surface area contributed by atoms with E-state index < -0.39 is 0 Å². The molecule has 0 saturated heterocycles. The molecule has 0 amide bonds. The van der Waals surface area contributed by atoms with E-state index in [1.807, 2.05) is 6.07 Å². The van der Waals surface area contributed by atoms with Crippen molar-refractivity contribution < 1.29 is 0 Å². The van der Waals surface area contributed by atoms with Crippen LogP contribution in [0.4, 0.5) is 5.13 Å². The molecule has 1 fully saturated rings. The van der Waals surface area contributed by atoms with Crippen LogP contribution in [0.5, 0.6) is 0 Å². The fraction of sp³-hybridized carbons (Fsp3) is 0.462. The number of anilines is 1. The zero-order chi connectivity index (χ0) is 11.7. The fourth-order valence-corrected chi connectivity index (χ4v) is 3.37. The average Bonchev–Trinajstić information content (AvgIpc) is 2.98. The van der Waals surface area contributed by atoms with E-state index in [4.69, 9.17) is 11.6 Å². The Balaban J connectivity index is 1.69.